The van der Waals surface area contributed by atoms with E-state index < -0.39 is 17.7 Å². The van der Waals surface area contributed by atoms with Gasteiger partial charge in [0, 0.05) is 12.1 Å². The van der Waals surface area contributed by atoms with Gasteiger partial charge in [0.2, 0.25) is 6.19 Å². The Morgan fingerprint density at radius 3 is 2.71 bits per heavy atom. The van der Waals surface area contributed by atoms with Crippen molar-refractivity contribution >= 4 is 5.84 Å². The molecule has 0 aromatic heterocycles. The van der Waals surface area contributed by atoms with Crippen LogP contribution in [0, 0.1) is 22.8 Å². The zero-order valence-corrected chi connectivity index (χ0v) is 14.4. The lowest BCUT2D eigenvalue weighted by Gasteiger charge is -2.46. The van der Waals surface area contributed by atoms with Gasteiger partial charge in [0.05, 0.1) is 17.7 Å². The van der Waals surface area contributed by atoms with Crippen LogP contribution in [0.4, 0.5) is 0 Å². The third-order valence-electron chi connectivity index (χ3n) is 4.27. The maximum Gasteiger partial charge on any atom is 0.207 e. The highest BCUT2D eigenvalue weighted by atomic mass is 16.5. The van der Waals surface area contributed by atoms with Crippen LogP contribution in [-0.2, 0) is 0 Å². The second kappa shape index (κ2) is 6.90. The van der Waals surface area contributed by atoms with Crippen molar-refractivity contribution < 1.29 is 9.84 Å². The third kappa shape index (κ3) is 3.20. The van der Waals surface area contributed by atoms with Crippen LogP contribution in [0.5, 0.6) is 5.75 Å². The van der Waals surface area contributed by atoms with E-state index in [1.807, 2.05) is 31.9 Å². The molecule has 0 fully saturated rings. The van der Waals surface area contributed by atoms with Crippen LogP contribution in [0.25, 0.3) is 0 Å². The average molecular weight is 326 g/mol. The van der Waals surface area contributed by atoms with E-state index in [0.717, 1.165) is 12.0 Å². The SMILES string of the molecule is CCCN(C(C)=NC#N)[C@H]1c2cc(C#N)ccc2OC(C)(C)[C@@H]1O. The molecule has 1 aliphatic heterocycles. The van der Waals surface area contributed by atoms with Gasteiger partial charge in [0.25, 0.3) is 0 Å². The quantitative estimate of drug-likeness (QED) is 0.524. The standard InChI is InChI=1S/C18H22N4O2/c1-5-8-22(12(2)21-11-20)16-14-9-13(10-19)6-7-15(14)24-18(3,4)17(16)23/h6-7,9,16-17,23H,5,8H2,1-4H3/t16-,17+/m0/s1. The molecule has 0 bridgehead atoms. The summed E-state index contributed by atoms with van der Waals surface area (Å²) in [5.41, 5.74) is 0.437. The summed E-state index contributed by atoms with van der Waals surface area (Å²) >= 11 is 0. The topological polar surface area (TPSA) is 92.6 Å². The van der Waals surface area contributed by atoms with E-state index in [2.05, 4.69) is 11.1 Å². The highest BCUT2D eigenvalue weighted by Gasteiger charge is 2.45. The Balaban J connectivity index is 2.63. The molecule has 126 valence electrons. The molecule has 0 aliphatic carbocycles. The second-order valence-electron chi connectivity index (χ2n) is 6.41. The van der Waals surface area contributed by atoms with Gasteiger partial charge in [0.15, 0.2) is 0 Å². The van der Waals surface area contributed by atoms with Crippen LogP contribution in [0.15, 0.2) is 23.2 Å². The van der Waals surface area contributed by atoms with Crippen LogP contribution in [0.2, 0.25) is 0 Å². The Hall–Kier alpha value is -2.57. The molecular formula is C18H22N4O2. The van der Waals surface area contributed by atoms with E-state index in [-0.39, 0.29) is 0 Å². The Morgan fingerprint density at radius 2 is 2.12 bits per heavy atom. The molecule has 1 aromatic rings. The number of hydrogen-bond acceptors (Lipinski definition) is 5. The Morgan fingerprint density at radius 1 is 1.42 bits per heavy atom. The van der Waals surface area contributed by atoms with Gasteiger partial charge in [-0.05, 0) is 45.4 Å². The number of hydrogen-bond donors (Lipinski definition) is 1. The zero-order valence-electron chi connectivity index (χ0n) is 14.4. The zero-order chi connectivity index (χ0) is 17.9. The molecule has 1 aromatic carbocycles. The predicted molar refractivity (Wildman–Crippen MR) is 90.3 cm³/mol. The lowest BCUT2D eigenvalue weighted by atomic mass is 9.84. The van der Waals surface area contributed by atoms with E-state index >= 15 is 0 Å². The molecule has 0 radical (unpaired) electrons. The Bertz CT molecular complexity index is 728. The smallest absolute Gasteiger partial charge is 0.207 e. The minimum Gasteiger partial charge on any atom is -0.485 e. The number of ether oxygens (including phenoxy) is 1. The maximum atomic E-state index is 10.9. The van der Waals surface area contributed by atoms with E-state index in [4.69, 9.17) is 10.00 Å². The fourth-order valence-electron chi connectivity index (χ4n) is 3.05. The van der Waals surface area contributed by atoms with Crippen molar-refractivity contribution in [3.8, 4) is 18.0 Å². The van der Waals surface area contributed by atoms with Gasteiger partial charge in [-0.25, -0.2) is 0 Å². The van der Waals surface area contributed by atoms with Gasteiger partial charge in [-0.15, -0.1) is 0 Å². The lowest BCUT2D eigenvalue weighted by Crippen LogP contribution is -2.54. The molecule has 6 nitrogen and oxygen atoms in total. The summed E-state index contributed by atoms with van der Waals surface area (Å²) in [5.74, 6) is 1.18. The molecule has 0 amide bonds. The van der Waals surface area contributed by atoms with Gasteiger partial charge in [-0.1, -0.05) is 6.92 Å². The van der Waals surface area contributed by atoms with Crippen molar-refractivity contribution in [2.75, 3.05) is 6.54 Å². The van der Waals surface area contributed by atoms with E-state index in [9.17, 15) is 10.4 Å². The summed E-state index contributed by atoms with van der Waals surface area (Å²) in [5, 5.41) is 29.0. The lowest BCUT2D eigenvalue weighted by molar-refractivity contribution is -0.0816. The van der Waals surface area contributed by atoms with E-state index in [0.29, 0.717) is 23.7 Å². The summed E-state index contributed by atoms with van der Waals surface area (Å²) in [6.07, 6.45) is 1.80. The van der Waals surface area contributed by atoms with Crippen LogP contribution in [0.3, 0.4) is 0 Å². The van der Waals surface area contributed by atoms with Gasteiger partial charge >= 0.3 is 0 Å². The van der Waals surface area contributed by atoms with Crippen LogP contribution < -0.4 is 4.74 Å². The van der Waals surface area contributed by atoms with Crippen molar-refractivity contribution in [3.05, 3.63) is 29.3 Å². The first-order chi connectivity index (χ1) is 11.4. The Kier molecular flexibility index (Phi) is 5.11. The summed E-state index contributed by atoms with van der Waals surface area (Å²) in [4.78, 5) is 5.76. The van der Waals surface area contributed by atoms with Crippen LogP contribution >= 0.6 is 0 Å². The predicted octanol–water partition coefficient (Wildman–Crippen LogP) is 2.74. The first-order valence-electron chi connectivity index (χ1n) is 7.96. The maximum absolute atomic E-state index is 10.9. The number of fused-ring (bicyclic) bond motifs is 1. The van der Waals surface area contributed by atoms with Gasteiger partial charge in [-0.2, -0.15) is 15.5 Å². The molecule has 2 atom stereocenters. The largest absolute Gasteiger partial charge is 0.485 e. The minimum atomic E-state index is -0.839. The van der Waals surface area contributed by atoms with Crippen LogP contribution in [0.1, 0.15) is 51.3 Å². The second-order valence-corrected chi connectivity index (χ2v) is 6.41. The van der Waals surface area contributed by atoms with Crippen molar-refractivity contribution in [1.82, 2.24) is 4.90 Å². The molecule has 1 aliphatic rings. The number of benzene rings is 1. The fraction of sp³-hybridized carbons (Fsp3) is 0.500. The summed E-state index contributed by atoms with van der Waals surface area (Å²) in [7, 11) is 0. The number of aliphatic hydroxyl groups excluding tert-OH is 1. The molecule has 0 spiro atoms. The minimum absolute atomic E-state index is 0.436. The molecular weight excluding hydrogens is 304 g/mol. The van der Waals surface area contributed by atoms with Gasteiger partial charge < -0.3 is 14.7 Å². The average Bonchev–Trinajstić information content (AvgIpc) is 2.54. The van der Waals surface area contributed by atoms with Crippen molar-refractivity contribution in [3.63, 3.8) is 0 Å². The van der Waals surface area contributed by atoms with Crippen molar-refractivity contribution in [1.29, 1.82) is 10.5 Å². The van der Waals surface area contributed by atoms with Crippen molar-refractivity contribution in [2.45, 2.75) is 51.9 Å². The van der Waals surface area contributed by atoms with Crippen molar-refractivity contribution in [2.24, 2.45) is 4.99 Å². The molecule has 1 heterocycles. The molecule has 6 heteroatoms. The number of nitriles is 2. The number of aliphatic hydroxyl groups is 1. The monoisotopic (exact) mass is 326 g/mol. The van der Waals surface area contributed by atoms with E-state index in [1.54, 1.807) is 25.1 Å². The molecule has 2 rings (SSSR count). The van der Waals surface area contributed by atoms with Gasteiger partial charge in [0.1, 0.15) is 23.3 Å². The van der Waals surface area contributed by atoms with Gasteiger partial charge in [-0.3, -0.25) is 0 Å². The molecule has 1 N–H and O–H groups in total. The first-order valence-corrected chi connectivity index (χ1v) is 7.96. The summed E-state index contributed by atoms with van der Waals surface area (Å²) in [6, 6.07) is 6.88. The van der Waals surface area contributed by atoms with Crippen LogP contribution in [-0.4, -0.2) is 34.1 Å². The highest BCUT2D eigenvalue weighted by molar-refractivity contribution is 5.81. The number of rotatable bonds is 3. The highest BCUT2D eigenvalue weighted by Crippen LogP contribution is 2.43. The fourth-order valence-corrected chi connectivity index (χ4v) is 3.05. The third-order valence-corrected chi connectivity index (χ3v) is 4.27. The molecule has 24 heavy (non-hydrogen) atoms. The normalized spacial score (nSPS) is 21.9. The Labute approximate surface area is 142 Å². The summed E-state index contributed by atoms with van der Waals surface area (Å²) < 4.78 is 5.94. The van der Waals surface area contributed by atoms with E-state index in [1.165, 1.54) is 0 Å². The molecule has 0 saturated heterocycles. The number of amidine groups is 1. The molecule has 0 unspecified atom stereocenters. The first kappa shape index (κ1) is 17.8. The number of aliphatic imine (C=N–C) groups is 1. The number of nitrogens with zero attached hydrogens (tertiary/aromatic N) is 4. The summed E-state index contributed by atoms with van der Waals surface area (Å²) in [6.45, 7) is 8.06. The molecule has 0 saturated carbocycles.